The molecule has 15 heavy (non-hydrogen) atoms. The average Bonchev–Trinajstić information content (AvgIpc) is 2.26. The lowest BCUT2D eigenvalue weighted by Gasteiger charge is -2.10. The number of carbonyl (C=O) groups excluding carboxylic acids is 1. The zero-order chi connectivity index (χ0) is 11.3. The minimum atomic E-state index is -0.190. The molecule has 1 heterocycles. The van der Waals surface area contributed by atoms with Crippen LogP contribution in [0.2, 0.25) is 0 Å². The van der Waals surface area contributed by atoms with Crippen LogP contribution in [0.1, 0.15) is 23.1 Å². The van der Waals surface area contributed by atoms with Gasteiger partial charge in [0.25, 0.3) is 5.91 Å². The lowest BCUT2D eigenvalue weighted by molar-refractivity contribution is 0.0945. The molecule has 5 nitrogen and oxygen atoms in total. The largest absolute Gasteiger partial charge is 0.349 e. The molecule has 0 fully saturated rings. The molecule has 0 aliphatic carbocycles. The quantitative estimate of drug-likeness (QED) is 0.737. The van der Waals surface area contributed by atoms with Crippen molar-refractivity contribution in [2.45, 2.75) is 19.9 Å². The monoisotopic (exact) mass is 208 g/mol. The summed E-state index contributed by atoms with van der Waals surface area (Å²) in [6.07, 6.45) is 3.06. The molecule has 2 N–H and O–H groups in total. The summed E-state index contributed by atoms with van der Waals surface area (Å²) in [6, 6.07) is 0.243. The second-order valence-corrected chi connectivity index (χ2v) is 3.44. The highest BCUT2D eigenvalue weighted by atomic mass is 16.1. The molecular weight excluding hydrogens is 192 g/mol. The average molecular weight is 208 g/mol. The van der Waals surface area contributed by atoms with Crippen LogP contribution in [0.3, 0.4) is 0 Å². The van der Waals surface area contributed by atoms with E-state index in [0.29, 0.717) is 12.2 Å². The molecular formula is C10H16N4O. The van der Waals surface area contributed by atoms with E-state index in [0.717, 1.165) is 5.69 Å². The first-order chi connectivity index (χ1) is 7.13. The fourth-order valence-electron chi connectivity index (χ4n) is 0.948. The molecule has 82 valence electrons. The Morgan fingerprint density at radius 2 is 2.20 bits per heavy atom. The Hall–Kier alpha value is -1.49. The van der Waals surface area contributed by atoms with Crippen LogP contribution in [0.4, 0.5) is 0 Å². The van der Waals surface area contributed by atoms with Crippen molar-refractivity contribution in [1.29, 1.82) is 0 Å². The minimum Gasteiger partial charge on any atom is -0.349 e. The van der Waals surface area contributed by atoms with Crippen LogP contribution < -0.4 is 10.6 Å². The van der Waals surface area contributed by atoms with Gasteiger partial charge >= 0.3 is 0 Å². The van der Waals surface area contributed by atoms with E-state index < -0.39 is 0 Å². The first-order valence-corrected chi connectivity index (χ1v) is 4.87. The Balaban J connectivity index is 2.50. The number of rotatable bonds is 4. The van der Waals surface area contributed by atoms with E-state index in [1.165, 1.54) is 6.20 Å². The van der Waals surface area contributed by atoms with Crippen LogP contribution in [0, 0.1) is 6.92 Å². The van der Waals surface area contributed by atoms with Crippen molar-refractivity contribution in [3.05, 3.63) is 23.8 Å². The van der Waals surface area contributed by atoms with Gasteiger partial charge in [-0.15, -0.1) is 0 Å². The number of nitrogens with one attached hydrogen (secondary N) is 2. The minimum absolute atomic E-state index is 0.190. The van der Waals surface area contributed by atoms with E-state index in [-0.39, 0.29) is 11.9 Å². The Labute approximate surface area is 89.3 Å². The smallest absolute Gasteiger partial charge is 0.271 e. The summed E-state index contributed by atoms with van der Waals surface area (Å²) in [4.78, 5) is 19.5. The van der Waals surface area contributed by atoms with E-state index in [9.17, 15) is 4.79 Å². The predicted octanol–water partition coefficient (Wildman–Crippen LogP) is 0.123. The van der Waals surface area contributed by atoms with Crippen LogP contribution in [0.5, 0.6) is 0 Å². The zero-order valence-electron chi connectivity index (χ0n) is 9.24. The van der Waals surface area contributed by atoms with Gasteiger partial charge in [-0.05, 0) is 20.9 Å². The summed E-state index contributed by atoms with van der Waals surface area (Å²) in [7, 11) is 1.85. The van der Waals surface area contributed by atoms with Gasteiger partial charge in [0.15, 0.2) is 0 Å². The summed E-state index contributed by atoms with van der Waals surface area (Å²) in [5.74, 6) is -0.190. The third-order valence-corrected chi connectivity index (χ3v) is 2.08. The lowest BCUT2D eigenvalue weighted by Crippen LogP contribution is -2.37. The Morgan fingerprint density at radius 3 is 2.73 bits per heavy atom. The van der Waals surface area contributed by atoms with Gasteiger partial charge in [-0.3, -0.25) is 9.78 Å². The highest BCUT2D eigenvalue weighted by molar-refractivity contribution is 5.91. The van der Waals surface area contributed by atoms with Crippen molar-refractivity contribution in [1.82, 2.24) is 20.6 Å². The first-order valence-electron chi connectivity index (χ1n) is 4.87. The summed E-state index contributed by atoms with van der Waals surface area (Å²) >= 11 is 0. The number of hydrogen-bond donors (Lipinski definition) is 2. The molecule has 0 bridgehead atoms. The zero-order valence-corrected chi connectivity index (χ0v) is 9.24. The number of amides is 1. The standard InChI is InChI=1S/C10H16N4O/c1-7(11-3)4-14-10(15)9-6-12-8(2)5-13-9/h5-7,11H,4H2,1-3H3,(H,14,15). The number of carbonyl (C=O) groups is 1. The van der Waals surface area contributed by atoms with Gasteiger partial charge in [0.2, 0.25) is 0 Å². The van der Waals surface area contributed by atoms with Gasteiger partial charge in [0.1, 0.15) is 5.69 Å². The van der Waals surface area contributed by atoms with E-state index in [4.69, 9.17) is 0 Å². The highest BCUT2D eigenvalue weighted by Gasteiger charge is 2.07. The van der Waals surface area contributed by atoms with Crippen LogP contribution in [0.15, 0.2) is 12.4 Å². The summed E-state index contributed by atoms with van der Waals surface area (Å²) in [6.45, 7) is 4.39. The first kappa shape index (κ1) is 11.6. The molecule has 1 amide bonds. The summed E-state index contributed by atoms with van der Waals surface area (Å²) in [5.41, 5.74) is 1.15. The molecule has 0 aromatic carbocycles. The Morgan fingerprint density at radius 1 is 1.47 bits per heavy atom. The lowest BCUT2D eigenvalue weighted by atomic mass is 10.3. The van der Waals surface area contributed by atoms with Gasteiger partial charge < -0.3 is 10.6 Å². The van der Waals surface area contributed by atoms with Crippen molar-refractivity contribution in [3.63, 3.8) is 0 Å². The summed E-state index contributed by atoms with van der Waals surface area (Å²) in [5, 5.41) is 5.80. The fourth-order valence-corrected chi connectivity index (χ4v) is 0.948. The van der Waals surface area contributed by atoms with Crippen molar-refractivity contribution in [3.8, 4) is 0 Å². The highest BCUT2D eigenvalue weighted by Crippen LogP contribution is 1.93. The van der Waals surface area contributed by atoms with Crippen molar-refractivity contribution in [2.75, 3.05) is 13.6 Å². The van der Waals surface area contributed by atoms with Gasteiger partial charge in [0, 0.05) is 18.8 Å². The van der Waals surface area contributed by atoms with E-state index in [2.05, 4.69) is 20.6 Å². The number of aromatic nitrogens is 2. The van der Waals surface area contributed by atoms with Crippen molar-refractivity contribution < 1.29 is 4.79 Å². The molecule has 0 saturated carbocycles. The molecule has 0 saturated heterocycles. The van der Waals surface area contributed by atoms with E-state index in [1.54, 1.807) is 6.20 Å². The molecule has 1 aromatic rings. The molecule has 0 radical (unpaired) electrons. The number of aryl methyl sites for hydroxylation is 1. The second-order valence-electron chi connectivity index (χ2n) is 3.44. The molecule has 1 rings (SSSR count). The number of hydrogen-bond acceptors (Lipinski definition) is 4. The van der Waals surface area contributed by atoms with Crippen molar-refractivity contribution >= 4 is 5.91 Å². The van der Waals surface area contributed by atoms with Gasteiger partial charge in [-0.1, -0.05) is 0 Å². The maximum absolute atomic E-state index is 11.5. The van der Waals surface area contributed by atoms with E-state index in [1.807, 2.05) is 20.9 Å². The SMILES string of the molecule is CNC(C)CNC(=O)c1cnc(C)cn1. The number of nitrogens with zero attached hydrogens (tertiary/aromatic N) is 2. The normalized spacial score (nSPS) is 12.2. The summed E-state index contributed by atoms with van der Waals surface area (Å²) < 4.78 is 0. The van der Waals surface area contributed by atoms with Gasteiger partial charge in [0.05, 0.1) is 11.9 Å². The van der Waals surface area contributed by atoms with Crippen LogP contribution in [-0.4, -0.2) is 35.5 Å². The van der Waals surface area contributed by atoms with Gasteiger partial charge in [-0.2, -0.15) is 0 Å². The van der Waals surface area contributed by atoms with Crippen molar-refractivity contribution in [2.24, 2.45) is 0 Å². The number of likely N-dealkylation sites (N-methyl/N-ethyl adjacent to an activating group) is 1. The maximum Gasteiger partial charge on any atom is 0.271 e. The molecule has 1 unspecified atom stereocenters. The topological polar surface area (TPSA) is 66.9 Å². The Kier molecular flexibility index (Phi) is 4.17. The molecule has 0 aliphatic rings. The van der Waals surface area contributed by atoms with Crippen LogP contribution in [0.25, 0.3) is 0 Å². The third kappa shape index (κ3) is 3.63. The molecule has 5 heteroatoms. The molecule has 0 aliphatic heterocycles. The maximum atomic E-state index is 11.5. The van der Waals surface area contributed by atoms with Crippen LogP contribution >= 0.6 is 0 Å². The Bertz CT molecular complexity index is 323. The van der Waals surface area contributed by atoms with Crippen LogP contribution in [-0.2, 0) is 0 Å². The fraction of sp³-hybridized carbons (Fsp3) is 0.500. The molecule has 1 atom stereocenters. The third-order valence-electron chi connectivity index (χ3n) is 2.08. The molecule has 0 spiro atoms. The molecule has 1 aromatic heterocycles. The predicted molar refractivity (Wildman–Crippen MR) is 57.6 cm³/mol. The second kappa shape index (κ2) is 5.41. The van der Waals surface area contributed by atoms with Gasteiger partial charge in [-0.25, -0.2) is 4.98 Å². The van der Waals surface area contributed by atoms with E-state index >= 15 is 0 Å².